The molecule has 2 atom stereocenters. The second-order valence-electron chi connectivity index (χ2n) is 4.94. The quantitative estimate of drug-likeness (QED) is 0.865. The first kappa shape index (κ1) is 13.5. The number of aromatic nitrogens is 1. The minimum absolute atomic E-state index is 0.130. The van der Waals surface area contributed by atoms with E-state index in [0.717, 1.165) is 12.8 Å². The molecule has 0 aliphatic carbocycles. The Morgan fingerprint density at radius 2 is 2.42 bits per heavy atom. The maximum absolute atomic E-state index is 12.3. The molecule has 2 heterocycles. The van der Waals surface area contributed by atoms with Crippen LogP contribution in [0.5, 0.6) is 0 Å². The van der Waals surface area contributed by atoms with Gasteiger partial charge in [-0.2, -0.15) is 5.26 Å². The molecular weight excluding hydrogens is 242 g/mol. The summed E-state index contributed by atoms with van der Waals surface area (Å²) < 4.78 is 0. The minimum atomic E-state index is -0.399. The van der Waals surface area contributed by atoms with Crippen LogP contribution in [0.3, 0.4) is 0 Å². The third-order valence-corrected chi connectivity index (χ3v) is 3.54. The van der Waals surface area contributed by atoms with Gasteiger partial charge in [0.1, 0.15) is 11.8 Å². The number of piperidine rings is 1. The number of amides is 1. The molecule has 0 saturated carbocycles. The van der Waals surface area contributed by atoms with Gasteiger partial charge in [0.2, 0.25) is 0 Å². The molecule has 5 heteroatoms. The number of hydrogen-bond donors (Lipinski definition) is 1. The zero-order chi connectivity index (χ0) is 13.8. The highest BCUT2D eigenvalue weighted by Crippen LogP contribution is 2.20. The summed E-state index contributed by atoms with van der Waals surface area (Å²) >= 11 is 0. The van der Waals surface area contributed by atoms with Crippen LogP contribution in [0.4, 0.5) is 0 Å². The molecule has 1 aromatic rings. The molecule has 0 bridgehead atoms. The molecule has 19 heavy (non-hydrogen) atoms. The summed E-state index contributed by atoms with van der Waals surface area (Å²) in [7, 11) is 0. The minimum Gasteiger partial charge on any atom is -0.393 e. The molecule has 1 aliphatic heterocycles. The van der Waals surface area contributed by atoms with Gasteiger partial charge >= 0.3 is 0 Å². The molecule has 0 spiro atoms. The number of rotatable bonds is 2. The lowest BCUT2D eigenvalue weighted by Crippen LogP contribution is -2.43. The Morgan fingerprint density at radius 3 is 3.00 bits per heavy atom. The predicted molar refractivity (Wildman–Crippen MR) is 69.3 cm³/mol. The van der Waals surface area contributed by atoms with E-state index in [1.807, 2.05) is 6.07 Å². The normalized spacial score (nSPS) is 20.7. The van der Waals surface area contributed by atoms with Crippen LogP contribution < -0.4 is 0 Å². The summed E-state index contributed by atoms with van der Waals surface area (Å²) in [5.74, 6) is 0.00548. The number of carbonyl (C=O) groups excluding carboxylic acids is 1. The standard InChI is InChI=1S/C14H17N3O2/c1-10(18)12-3-2-6-17(9-12)14(19)13-5-4-11(7-15)8-16-13/h4-5,8,10,12,18H,2-3,6,9H2,1H3. The number of aliphatic hydroxyl groups excluding tert-OH is 1. The Morgan fingerprint density at radius 1 is 1.63 bits per heavy atom. The molecule has 0 aromatic carbocycles. The summed E-state index contributed by atoms with van der Waals surface area (Å²) in [5.41, 5.74) is 0.794. The van der Waals surface area contributed by atoms with E-state index in [0.29, 0.717) is 24.3 Å². The fourth-order valence-electron chi connectivity index (χ4n) is 2.34. The van der Waals surface area contributed by atoms with E-state index in [2.05, 4.69) is 4.98 Å². The van der Waals surface area contributed by atoms with Gasteiger partial charge in [0.15, 0.2) is 0 Å². The summed E-state index contributed by atoms with van der Waals surface area (Å²) in [6, 6.07) is 5.14. The van der Waals surface area contributed by atoms with Crippen LogP contribution in [0.1, 0.15) is 35.8 Å². The first-order chi connectivity index (χ1) is 9.11. The SMILES string of the molecule is CC(O)C1CCCN(C(=O)c2ccc(C#N)cn2)C1. The van der Waals surface area contributed by atoms with E-state index >= 15 is 0 Å². The van der Waals surface area contributed by atoms with Crippen molar-refractivity contribution >= 4 is 5.91 Å². The maximum atomic E-state index is 12.3. The number of likely N-dealkylation sites (tertiary alicyclic amines) is 1. The van der Waals surface area contributed by atoms with Crippen molar-refractivity contribution in [3.63, 3.8) is 0 Å². The molecular formula is C14H17N3O2. The van der Waals surface area contributed by atoms with Gasteiger partial charge < -0.3 is 10.0 Å². The van der Waals surface area contributed by atoms with Crippen molar-refractivity contribution in [2.75, 3.05) is 13.1 Å². The van der Waals surface area contributed by atoms with Crippen molar-refractivity contribution in [1.29, 1.82) is 5.26 Å². The van der Waals surface area contributed by atoms with Crippen molar-refractivity contribution in [2.45, 2.75) is 25.9 Å². The first-order valence-corrected chi connectivity index (χ1v) is 6.45. The monoisotopic (exact) mass is 259 g/mol. The number of carbonyl (C=O) groups is 1. The number of hydrogen-bond acceptors (Lipinski definition) is 4. The molecule has 100 valence electrons. The van der Waals surface area contributed by atoms with Gasteiger partial charge in [0.25, 0.3) is 5.91 Å². The number of aliphatic hydroxyl groups is 1. The number of nitrogens with zero attached hydrogens (tertiary/aromatic N) is 3. The molecule has 2 rings (SSSR count). The topological polar surface area (TPSA) is 77.2 Å². The summed E-state index contributed by atoms with van der Waals surface area (Å²) in [5, 5.41) is 18.3. The highest BCUT2D eigenvalue weighted by Gasteiger charge is 2.27. The van der Waals surface area contributed by atoms with Gasteiger partial charge in [-0.3, -0.25) is 4.79 Å². The second-order valence-corrected chi connectivity index (χ2v) is 4.94. The predicted octanol–water partition coefficient (Wildman–Crippen LogP) is 1.19. The van der Waals surface area contributed by atoms with Crippen molar-refractivity contribution in [3.8, 4) is 6.07 Å². The number of nitriles is 1. The fraction of sp³-hybridized carbons (Fsp3) is 0.500. The van der Waals surface area contributed by atoms with Gasteiger partial charge in [-0.05, 0) is 31.9 Å². The molecule has 1 N–H and O–H groups in total. The average Bonchev–Trinajstić information content (AvgIpc) is 2.46. The average molecular weight is 259 g/mol. The number of pyridine rings is 1. The van der Waals surface area contributed by atoms with Crippen LogP contribution in [0.2, 0.25) is 0 Å². The Labute approximate surface area is 112 Å². The van der Waals surface area contributed by atoms with Crippen molar-refractivity contribution in [1.82, 2.24) is 9.88 Å². The van der Waals surface area contributed by atoms with Gasteiger partial charge in [0.05, 0.1) is 11.7 Å². The van der Waals surface area contributed by atoms with E-state index in [9.17, 15) is 9.90 Å². The van der Waals surface area contributed by atoms with E-state index in [1.165, 1.54) is 6.20 Å². The smallest absolute Gasteiger partial charge is 0.272 e. The molecule has 1 saturated heterocycles. The van der Waals surface area contributed by atoms with E-state index in [-0.39, 0.29) is 11.8 Å². The third-order valence-electron chi connectivity index (χ3n) is 3.54. The molecule has 1 aliphatic rings. The van der Waals surface area contributed by atoms with Crippen LogP contribution in [-0.4, -0.2) is 40.1 Å². The maximum Gasteiger partial charge on any atom is 0.272 e. The largest absolute Gasteiger partial charge is 0.393 e. The van der Waals surface area contributed by atoms with Gasteiger partial charge in [-0.25, -0.2) is 4.98 Å². The molecule has 5 nitrogen and oxygen atoms in total. The highest BCUT2D eigenvalue weighted by molar-refractivity contribution is 5.92. The Balaban J connectivity index is 2.08. The second kappa shape index (κ2) is 5.81. The zero-order valence-electron chi connectivity index (χ0n) is 10.9. The summed E-state index contributed by atoms with van der Waals surface area (Å²) in [4.78, 5) is 18.0. The van der Waals surface area contributed by atoms with Crippen molar-refractivity contribution in [3.05, 3.63) is 29.6 Å². The van der Waals surface area contributed by atoms with Crippen LogP contribution in [-0.2, 0) is 0 Å². The van der Waals surface area contributed by atoms with Crippen molar-refractivity contribution < 1.29 is 9.90 Å². The van der Waals surface area contributed by atoms with Crippen LogP contribution >= 0.6 is 0 Å². The fourth-order valence-corrected chi connectivity index (χ4v) is 2.34. The van der Waals surface area contributed by atoms with E-state index in [1.54, 1.807) is 24.0 Å². The van der Waals surface area contributed by atoms with Gasteiger partial charge in [-0.15, -0.1) is 0 Å². The summed E-state index contributed by atoms with van der Waals surface area (Å²) in [6.45, 7) is 3.03. The van der Waals surface area contributed by atoms with E-state index in [4.69, 9.17) is 5.26 Å². The molecule has 2 unspecified atom stereocenters. The third kappa shape index (κ3) is 3.09. The van der Waals surface area contributed by atoms with Crippen LogP contribution in [0.25, 0.3) is 0 Å². The molecule has 1 aromatic heterocycles. The lowest BCUT2D eigenvalue weighted by Gasteiger charge is -2.33. The first-order valence-electron chi connectivity index (χ1n) is 6.45. The summed E-state index contributed by atoms with van der Waals surface area (Å²) in [6.07, 6.45) is 2.85. The Bertz CT molecular complexity index is 490. The van der Waals surface area contributed by atoms with Crippen LogP contribution in [0.15, 0.2) is 18.3 Å². The van der Waals surface area contributed by atoms with Crippen LogP contribution in [0, 0.1) is 17.2 Å². The van der Waals surface area contributed by atoms with Gasteiger partial charge in [0, 0.05) is 25.2 Å². The lowest BCUT2D eigenvalue weighted by molar-refractivity contribution is 0.0461. The zero-order valence-corrected chi connectivity index (χ0v) is 10.9. The van der Waals surface area contributed by atoms with Gasteiger partial charge in [-0.1, -0.05) is 0 Å². The van der Waals surface area contributed by atoms with Crippen molar-refractivity contribution in [2.24, 2.45) is 5.92 Å². The molecule has 1 amide bonds. The lowest BCUT2D eigenvalue weighted by atomic mass is 9.93. The van der Waals surface area contributed by atoms with E-state index < -0.39 is 6.10 Å². The Kier molecular flexibility index (Phi) is 4.13. The molecule has 0 radical (unpaired) electrons. The molecule has 1 fully saturated rings. The highest BCUT2D eigenvalue weighted by atomic mass is 16.3. The Hall–Kier alpha value is -1.93.